The van der Waals surface area contributed by atoms with Crippen LogP contribution in [0.1, 0.15) is 135 Å². The lowest BCUT2D eigenvalue weighted by Gasteiger charge is -2.19. The van der Waals surface area contributed by atoms with Crippen molar-refractivity contribution in [1.82, 2.24) is 0 Å². The lowest BCUT2D eigenvalue weighted by Crippen LogP contribution is -2.16. The SMILES string of the molecule is [CH2]CCCCCCCCCCCCCOC1CCCCCCC([O])COCCCC1. The summed E-state index contributed by atoms with van der Waals surface area (Å²) in [5, 5.41) is 11.7. The molecule has 2 radical (unpaired) electrons. The third-order valence-electron chi connectivity index (χ3n) is 6.42. The molecule has 0 aromatic heterocycles. The molecule has 0 saturated carbocycles. The normalized spacial score (nSPS) is 22.6. The third kappa shape index (κ3) is 18.6. The van der Waals surface area contributed by atoms with E-state index < -0.39 is 6.10 Å². The number of hydrogen-bond donors (Lipinski definition) is 0. The van der Waals surface area contributed by atoms with E-state index in [-0.39, 0.29) is 0 Å². The van der Waals surface area contributed by atoms with Gasteiger partial charge in [0, 0.05) is 13.2 Å². The zero-order valence-corrected chi connectivity index (χ0v) is 20.1. The second-order valence-electron chi connectivity index (χ2n) is 9.42. The molecular formula is C27H52O3. The second-order valence-corrected chi connectivity index (χ2v) is 9.42. The maximum Gasteiger partial charge on any atom is 0.116 e. The zero-order valence-electron chi connectivity index (χ0n) is 20.1. The molecular weight excluding hydrogens is 372 g/mol. The van der Waals surface area contributed by atoms with Crippen molar-refractivity contribution in [1.29, 1.82) is 0 Å². The third-order valence-corrected chi connectivity index (χ3v) is 6.42. The van der Waals surface area contributed by atoms with E-state index in [1.54, 1.807) is 0 Å². The Morgan fingerprint density at radius 2 is 1.20 bits per heavy atom. The lowest BCUT2D eigenvalue weighted by molar-refractivity contribution is -0.0119. The molecule has 0 aliphatic carbocycles. The summed E-state index contributed by atoms with van der Waals surface area (Å²) in [4.78, 5) is 0. The van der Waals surface area contributed by atoms with Gasteiger partial charge in [-0.25, -0.2) is 5.11 Å². The summed E-state index contributed by atoms with van der Waals surface area (Å²) in [5.41, 5.74) is 0. The lowest BCUT2D eigenvalue weighted by atomic mass is 10.0. The number of rotatable bonds is 14. The standard InChI is InChI=1S/C27H52O3/c1-2-3-4-5-6-7-8-9-10-11-14-18-24-30-27-21-16-13-12-15-20-26(28)25-29-23-19-17-22-27/h26-27H,1-25H2. The molecule has 0 bridgehead atoms. The van der Waals surface area contributed by atoms with Crippen LogP contribution in [0.5, 0.6) is 0 Å². The molecule has 178 valence electrons. The van der Waals surface area contributed by atoms with Crippen molar-refractivity contribution in [2.75, 3.05) is 19.8 Å². The van der Waals surface area contributed by atoms with E-state index in [0.717, 1.165) is 51.7 Å². The van der Waals surface area contributed by atoms with Gasteiger partial charge in [-0.2, -0.15) is 0 Å². The van der Waals surface area contributed by atoms with E-state index >= 15 is 0 Å². The van der Waals surface area contributed by atoms with Crippen molar-refractivity contribution < 1.29 is 14.6 Å². The van der Waals surface area contributed by atoms with Crippen LogP contribution in [0.15, 0.2) is 0 Å². The van der Waals surface area contributed by atoms with Gasteiger partial charge in [-0.05, 0) is 38.5 Å². The van der Waals surface area contributed by atoms with Crippen molar-refractivity contribution in [2.45, 2.75) is 147 Å². The van der Waals surface area contributed by atoms with Gasteiger partial charge in [0.25, 0.3) is 0 Å². The summed E-state index contributed by atoms with van der Waals surface area (Å²) in [7, 11) is 0. The Balaban J connectivity index is 1.97. The molecule has 0 spiro atoms. The molecule has 0 aromatic carbocycles. The van der Waals surface area contributed by atoms with Gasteiger partial charge in [0.15, 0.2) is 0 Å². The molecule has 1 heterocycles. The fraction of sp³-hybridized carbons (Fsp3) is 0.963. The second kappa shape index (κ2) is 22.1. The fourth-order valence-corrected chi connectivity index (χ4v) is 4.40. The minimum absolute atomic E-state index is 0.400. The summed E-state index contributed by atoms with van der Waals surface area (Å²) >= 11 is 0. The quantitative estimate of drug-likeness (QED) is 0.263. The van der Waals surface area contributed by atoms with Gasteiger partial charge in [0.2, 0.25) is 0 Å². The van der Waals surface area contributed by atoms with E-state index in [2.05, 4.69) is 6.92 Å². The van der Waals surface area contributed by atoms with Gasteiger partial charge in [0.1, 0.15) is 6.10 Å². The Hall–Kier alpha value is -0.120. The number of unbranched alkanes of at least 4 members (excludes halogenated alkanes) is 11. The van der Waals surface area contributed by atoms with Gasteiger partial charge in [-0.1, -0.05) is 103 Å². The maximum atomic E-state index is 11.7. The average Bonchev–Trinajstić information content (AvgIpc) is 2.75. The molecule has 1 saturated heterocycles. The molecule has 0 N–H and O–H groups in total. The van der Waals surface area contributed by atoms with E-state index in [4.69, 9.17) is 9.47 Å². The summed E-state index contributed by atoms with van der Waals surface area (Å²) in [6, 6.07) is 0. The first-order chi connectivity index (χ1) is 14.8. The minimum Gasteiger partial charge on any atom is -0.379 e. The molecule has 3 nitrogen and oxygen atoms in total. The summed E-state index contributed by atoms with van der Waals surface area (Å²) in [6.45, 7) is 5.98. The van der Waals surface area contributed by atoms with Crippen LogP contribution in [0.4, 0.5) is 0 Å². The Bertz CT molecular complexity index is 318. The summed E-state index contributed by atoms with van der Waals surface area (Å²) < 4.78 is 11.8. The molecule has 1 aliphatic rings. The first-order valence-corrected chi connectivity index (χ1v) is 13.5. The van der Waals surface area contributed by atoms with Crippen LogP contribution in [0.25, 0.3) is 0 Å². The molecule has 0 aromatic rings. The topological polar surface area (TPSA) is 38.4 Å². The molecule has 2 unspecified atom stereocenters. The van der Waals surface area contributed by atoms with Gasteiger partial charge >= 0.3 is 0 Å². The Morgan fingerprint density at radius 1 is 0.667 bits per heavy atom. The highest BCUT2D eigenvalue weighted by atomic mass is 16.5. The predicted molar refractivity (Wildman–Crippen MR) is 127 cm³/mol. The molecule has 30 heavy (non-hydrogen) atoms. The van der Waals surface area contributed by atoms with Crippen LogP contribution in [0.2, 0.25) is 0 Å². The average molecular weight is 425 g/mol. The highest BCUT2D eigenvalue weighted by Crippen LogP contribution is 2.17. The highest BCUT2D eigenvalue weighted by molar-refractivity contribution is 4.62. The molecule has 1 fully saturated rings. The minimum atomic E-state index is -0.516. The van der Waals surface area contributed by atoms with Crippen molar-refractivity contribution >= 4 is 0 Å². The van der Waals surface area contributed by atoms with Crippen molar-refractivity contribution in [3.63, 3.8) is 0 Å². The number of hydrogen-bond acceptors (Lipinski definition) is 2. The van der Waals surface area contributed by atoms with Crippen LogP contribution in [-0.2, 0) is 14.6 Å². The van der Waals surface area contributed by atoms with Crippen LogP contribution < -0.4 is 0 Å². The van der Waals surface area contributed by atoms with Crippen LogP contribution >= 0.6 is 0 Å². The highest BCUT2D eigenvalue weighted by Gasteiger charge is 2.11. The molecule has 3 heteroatoms. The predicted octanol–water partition coefficient (Wildman–Crippen LogP) is 8.23. The summed E-state index contributed by atoms with van der Waals surface area (Å²) in [6.07, 6.45) is 26.1. The van der Waals surface area contributed by atoms with E-state index in [1.165, 1.54) is 96.3 Å². The van der Waals surface area contributed by atoms with Gasteiger partial charge in [-0.15, -0.1) is 0 Å². The fourth-order valence-electron chi connectivity index (χ4n) is 4.40. The van der Waals surface area contributed by atoms with Crippen LogP contribution in [-0.4, -0.2) is 32.0 Å². The van der Waals surface area contributed by atoms with Gasteiger partial charge < -0.3 is 9.47 Å². The summed E-state index contributed by atoms with van der Waals surface area (Å²) in [5.74, 6) is 0. The molecule has 2 atom stereocenters. The first kappa shape index (κ1) is 27.9. The molecule has 0 amide bonds. The van der Waals surface area contributed by atoms with Crippen molar-refractivity contribution in [2.24, 2.45) is 0 Å². The van der Waals surface area contributed by atoms with Gasteiger partial charge in [0.05, 0.1) is 12.7 Å². The van der Waals surface area contributed by atoms with E-state index in [1.807, 2.05) is 0 Å². The molecule has 1 rings (SSSR count). The van der Waals surface area contributed by atoms with Crippen molar-refractivity contribution in [3.8, 4) is 0 Å². The molecule has 1 aliphatic heterocycles. The van der Waals surface area contributed by atoms with E-state index in [0.29, 0.717) is 12.7 Å². The Kier molecular flexibility index (Phi) is 20.6. The van der Waals surface area contributed by atoms with Crippen LogP contribution in [0.3, 0.4) is 0 Å². The Morgan fingerprint density at radius 3 is 1.83 bits per heavy atom. The zero-order chi connectivity index (χ0) is 21.5. The first-order valence-electron chi connectivity index (χ1n) is 13.5. The smallest absolute Gasteiger partial charge is 0.116 e. The maximum absolute atomic E-state index is 11.7. The largest absolute Gasteiger partial charge is 0.379 e. The van der Waals surface area contributed by atoms with Gasteiger partial charge in [-0.3, -0.25) is 0 Å². The number of ether oxygens (including phenoxy) is 2. The van der Waals surface area contributed by atoms with E-state index in [9.17, 15) is 5.11 Å². The van der Waals surface area contributed by atoms with Crippen LogP contribution in [0, 0.1) is 6.92 Å². The Labute approximate surface area is 188 Å². The monoisotopic (exact) mass is 424 g/mol. The van der Waals surface area contributed by atoms with Crippen molar-refractivity contribution in [3.05, 3.63) is 6.92 Å².